The molecule has 2 heterocycles. The van der Waals surface area contributed by atoms with Crippen LogP contribution in [0.1, 0.15) is 20.3 Å². The molecule has 0 spiro atoms. The second-order valence-electron chi connectivity index (χ2n) is 4.59. The van der Waals surface area contributed by atoms with Crippen molar-refractivity contribution in [3.63, 3.8) is 0 Å². The molecule has 1 aromatic heterocycles. The fourth-order valence-corrected chi connectivity index (χ4v) is 3.76. The number of imidazole rings is 1. The Morgan fingerprint density at radius 2 is 2.19 bits per heavy atom. The minimum atomic E-state index is -3.37. The third kappa shape index (κ3) is 1.76. The summed E-state index contributed by atoms with van der Waals surface area (Å²) in [6, 6.07) is 0.131. The number of rotatable bonds is 3. The van der Waals surface area contributed by atoms with Crippen molar-refractivity contribution in [1.82, 2.24) is 13.9 Å². The molecule has 5 nitrogen and oxygen atoms in total. The summed E-state index contributed by atoms with van der Waals surface area (Å²) in [6.45, 7) is 4.71. The number of hydrogen-bond acceptors (Lipinski definition) is 3. The van der Waals surface area contributed by atoms with E-state index in [1.165, 1.54) is 6.33 Å². The van der Waals surface area contributed by atoms with E-state index in [2.05, 4.69) is 4.98 Å². The Kier molecular flexibility index (Phi) is 2.79. The van der Waals surface area contributed by atoms with Gasteiger partial charge in [0.15, 0.2) is 5.03 Å². The van der Waals surface area contributed by atoms with Crippen LogP contribution in [0.3, 0.4) is 0 Å². The van der Waals surface area contributed by atoms with Gasteiger partial charge in [-0.3, -0.25) is 0 Å². The zero-order chi connectivity index (χ0) is 11.9. The third-order valence-electron chi connectivity index (χ3n) is 3.04. The topological polar surface area (TPSA) is 55.2 Å². The van der Waals surface area contributed by atoms with Crippen molar-refractivity contribution in [1.29, 1.82) is 0 Å². The molecule has 0 bridgehead atoms. The zero-order valence-electron chi connectivity index (χ0n) is 9.79. The summed E-state index contributed by atoms with van der Waals surface area (Å²) < 4.78 is 27.6. The lowest BCUT2D eigenvalue weighted by atomic mass is 9.95. The van der Waals surface area contributed by atoms with Crippen molar-refractivity contribution in [3.8, 4) is 0 Å². The molecular weight excluding hydrogens is 226 g/mol. The van der Waals surface area contributed by atoms with E-state index in [4.69, 9.17) is 0 Å². The molecule has 0 saturated carbocycles. The Morgan fingerprint density at radius 1 is 1.50 bits per heavy atom. The molecular formula is C10H17N3O2S. The van der Waals surface area contributed by atoms with Crippen LogP contribution in [0.4, 0.5) is 0 Å². The zero-order valence-corrected chi connectivity index (χ0v) is 10.6. The molecule has 0 N–H and O–H groups in total. The first-order valence-electron chi connectivity index (χ1n) is 5.42. The molecule has 16 heavy (non-hydrogen) atoms. The van der Waals surface area contributed by atoms with Crippen LogP contribution in [0.15, 0.2) is 17.6 Å². The smallest absolute Gasteiger partial charge is 0.262 e. The van der Waals surface area contributed by atoms with Gasteiger partial charge in [0, 0.05) is 25.8 Å². The Labute approximate surface area is 96.1 Å². The highest BCUT2D eigenvalue weighted by Crippen LogP contribution is 2.30. The molecule has 6 heteroatoms. The Bertz CT molecular complexity index is 478. The van der Waals surface area contributed by atoms with Crippen LogP contribution in [0.2, 0.25) is 0 Å². The van der Waals surface area contributed by atoms with E-state index >= 15 is 0 Å². The van der Waals surface area contributed by atoms with Crippen LogP contribution in [0.25, 0.3) is 0 Å². The number of aryl methyl sites for hydroxylation is 1. The summed E-state index contributed by atoms with van der Waals surface area (Å²) >= 11 is 0. The Balaban J connectivity index is 2.27. The van der Waals surface area contributed by atoms with E-state index in [-0.39, 0.29) is 11.1 Å². The number of aromatic nitrogens is 2. The lowest BCUT2D eigenvalue weighted by molar-refractivity contribution is 0.150. The van der Waals surface area contributed by atoms with E-state index in [9.17, 15) is 8.42 Å². The van der Waals surface area contributed by atoms with Crippen LogP contribution < -0.4 is 0 Å². The molecule has 1 aromatic rings. The van der Waals surface area contributed by atoms with Gasteiger partial charge in [-0.15, -0.1) is 0 Å². The second kappa shape index (κ2) is 3.85. The predicted octanol–water partition coefficient (Wildman–Crippen LogP) is 0.839. The van der Waals surface area contributed by atoms with Crippen molar-refractivity contribution >= 4 is 10.0 Å². The quantitative estimate of drug-likeness (QED) is 0.790. The van der Waals surface area contributed by atoms with Crippen LogP contribution in [0, 0.1) is 5.92 Å². The van der Waals surface area contributed by atoms with Gasteiger partial charge in [-0.1, -0.05) is 13.8 Å². The largest absolute Gasteiger partial charge is 0.339 e. The summed E-state index contributed by atoms with van der Waals surface area (Å²) in [5.74, 6) is 0.354. The summed E-state index contributed by atoms with van der Waals surface area (Å²) in [6.07, 6.45) is 4.01. The minimum Gasteiger partial charge on any atom is -0.339 e. The van der Waals surface area contributed by atoms with Gasteiger partial charge in [-0.2, -0.15) is 4.31 Å². The molecule has 0 unspecified atom stereocenters. The average Bonchev–Trinajstić information content (AvgIpc) is 2.47. The van der Waals surface area contributed by atoms with Crippen LogP contribution in [-0.4, -0.2) is 34.9 Å². The van der Waals surface area contributed by atoms with Crippen molar-refractivity contribution in [2.24, 2.45) is 13.0 Å². The Morgan fingerprint density at radius 3 is 2.56 bits per heavy atom. The summed E-state index contributed by atoms with van der Waals surface area (Å²) in [5.41, 5.74) is 0. The maximum atomic E-state index is 12.2. The van der Waals surface area contributed by atoms with Gasteiger partial charge in [0.05, 0.1) is 6.33 Å². The predicted molar refractivity (Wildman–Crippen MR) is 60.3 cm³/mol. The van der Waals surface area contributed by atoms with Crippen LogP contribution in [0.5, 0.6) is 0 Å². The highest BCUT2D eigenvalue weighted by molar-refractivity contribution is 7.89. The van der Waals surface area contributed by atoms with Crippen molar-refractivity contribution in [2.45, 2.75) is 31.3 Å². The summed E-state index contributed by atoms with van der Waals surface area (Å²) in [5, 5.41) is 0.153. The maximum Gasteiger partial charge on any atom is 0.262 e. The number of sulfonamides is 1. The first-order chi connectivity index (χ1) is 7.43. The molecule has 0 aliphatic carbocycles. The Hall–Kier alpha value is -0.880. The molecule has 1 aliphatic rings. The highest BCUT2D eigenvalue weighted by atomic mass is 32.2. The lowest BCUT2D eigenvalue weighted by Gasteiger charge is -2.41. The fraction of sp³-hybridized carbons (Fsp3) is 0.700. The molecule has 1 aliphatic heterocycles. The average molecular weight is 243 g/mol. The van der Waals surface area contributed by atoms with Crippen molar-refractivity contribution in [3.05, 3.63) is 12.5 Å². The van der Waals surface area contributed by atoms with Gasteiger partial charge >= 0.3 is 0 Å². The van der Waals surface area contributed by atoms with Gasteiger partial charge in [0.25, 0.3) is 10.0 Å². The van der Waals surface area contributed by atoms with Gasteiger partial charge in [0.2, 0.25) is 0 Å². The molecule has 1 saturated heterocycles. The lowest BCUT2D eigenvalue weighted by Crippen LogP contribution is -2.53. The SMILES string of the molecule is CC(C)[C@H]1CCN1S(=O)(=O)c1cn(C)cn1. The van der Waals surface area contributed by atoms with Gasteiger partial charge in [-0.05, 0) is 12.3 Å². The van der Waals surface area contributed by atoms with E-state index in [0.29, 0.717) is 12.5 Å². The summed E-state index contributed by atoms with van der Waals surface area (Å²) in [4.78, 5) is 3.92. The van der Waals surface area contributed by atoms with Crippen molar-refractivity contribution < 1.29 is 8.42 Å². The first-order valence-corrected chi connectivity index (χ1v) is 6.86. The third-order valence-corrected chi connectivity index (χ3v) is 4.85. The highest BCUT2D eigenvalue weighted by Gasteiger charge is 2.40. The van der Waals surface area contributed by atoms with Gasteiger partial charge in [0.1, 0.15) is 0 Å². The maximum absolute atomic E-state index is 12.2. The second-order valence-corrected chi connectivity index (χ2v) is 6.43. The molecule has 1 fully saturated rings. The summed E-state index contributed by atoms with van der Waals surface area (Å²) in [7, 11) is -1.61. The molecule has 90 valence electrons. The molecule has 2 rings (SSSR count). The van der Waals surface area contributed by atoms with E-state index in [1.807, 2.05) is 13.8 Å². The van der Waals surface area contributed by atoms with Gasteiger partial charge in [-0.25, -0.2) is 13.4 Å². The standard InChI is InChI=1S/C10H17N3O2S/c1-8(2)9-4-5-13(9)16(14,15)10-6-12(3)7-11-10/h6-9H,4-5H2,1-3H3/t9-/m1/s1. The van der Waals surface area contributed by atoms with Crippen LogP contribution in [-0.2, 0) is 17.1 Å². The normalized spacial score (nSPS) is 22.4. The fourth-order valence-electron chi connectivity index (χ4n) is 1.99. The van der Waals surface area contributed by atoms with Crippen molar-refractivity contribution in [2.75, 3.05) is 6.54 Å². The van der Waals surface area contributed by atoms with Gasteiger partial charge < -0.3 is 4.57 Å². The molecule has 0 aromatic carbocycles. The molecule has 0 radical (unpaired) electrons. The monoisotopic (exact) mass is 243 g/mol. The number of nitrogens with zero attached hydrogens (tertiary/aromatic N) is 3. The number of hydrogen-bond donors (Lipinski definition) is 0. The first kappa shape index (κ1) is 11.6. The van der Waals surface area contributed by atoms with E-state index in [0.717, 1.165) is 6.42 Å². The van der Waals surface area contributed by atoms with E-state index in [1.54, 1.807) is 22.1 Å². The molecule has 0 amide bonds. The van der Waals surface area contributed by atoms with E-state index < -0.39 is 10.0 Å². The minimum absolute atomic E-state index is 0.131. The molecule has 1 atom stereocenters. The van der Waals surface area contributed by atoms with Crippen LogP contribution >= 0.6 is 0 Å².